The van der Waals surface area contributed by atoms with Crippen molar-refractivity contribution in [2.75, 3.05) is 51.3 Å². The molecule has 1 atom stereocenters. The molecule has 2 aromatic rings. The Kier molecular flexibility index (Phi) is 6.67. The van der Waals surface area contributed by atoms with Crippen molar-refractivity contribution in [3.05, 3.63) is 58.6 Å². The quantitative estimate of drug-likeness (QED) is 0.548. The van der Waals surface area contributed by atoms with Crippen LogP contribution in [0.15, 0.2) is 48.5 Å². The summed E-state index contributed by atoms with van der Waals surface area (Å²) in [6.07, 6.45) is -0.631. The molecule has 8 heteroatoms. The number of rotatable bonds is 8. The number of piperazine rings is 1. The predicted molar refractivity (Wildman–Crippen MR) is 106 cm³/mol. The van der Waals surface area contributed by atoms with E-state index < -0.39 is 11.0 Å². The number of aliphatic hydroxyl groups is 1. The average molecular weight is 387 g/mol. The lowest BCUT2D eigenvalue weighted by molar-refractivity contribution is -0.384. The Morgan fingerprint density at radius 3 is 2.43 bits per heavy atom. The van der Waals surface area contributed by atoms with Gasteiger partial charge in [0.1, 0.15) is 24.2 Å². The van der Waals surface area contributed by atoms with Gasteiger partial charge < -0.3 is 19.5 Å². The van der Waals surface area contributed by atoms with Crippen LogP contribution in [-0.2, 0) is 0 Å². The summed E-state index contributed by atoms with van der Waals surface area (Å²) in [6, 6.07) is 13.8. The number of methoxy groups -OCH3 is 1. The van der Waals surface area contributed by atoms with E-state index in [1.165, 1.54) is 24.3 Å². The zero-order valence-corrected chi connectivity index (χ0v) is 15.9. The van der Waals surface area contributed by atoms with Gasteiger partial charge in [0.15, 0.2) is 0 Å². The van der Waals surface area contributed by atoms with Gasteiger partial charge in [0.05, 0.1) is 17.7 Å². The molecule has 8 nitrogen and oxygen atoms in total. The maximum absolute atomic E-state index is 10.7. The molecule has 0 aliphatic carbocycles. The number of aliphatic hydroxyl groups excluding tert-OH is 1. The van der Waals surface area contributed by atoms with Crippen molar-refractivity contribution in [1.82, 2.24) is 4.90 Å². The largest absolute Gasteiger partial charge is 0.495 e. The number of nitro groups is 1. The summed E-state index contributed by atoms with van der Waals surface area (Å²) in [5.41, 5.74) is 1.10. The zero-order valence-electron chi connectivity index (χ0n) is 15.9. The van der Waals surface area contributed by atoms with Gasteiger partial charge in [-0.2, -0.15) is 0 Å². The highest BCUT2D eigenvalue weighted by Crippen LogP contribution is 2.28. The van der Waals surface area contributed by atoms with Gasteiger partial charge in [-0.15, -0.1) is 0 Å². The van der Waals surface area contributed by atoms with Crippen LogP contribution in [0.1, 0.15) is 0 Å². The predicted octanol–water partition coefficient (Wildman–Crippen LogP) is 2.17. The van der Waals surface area contributed by atoms with Gasteiger partial charge >= 0.3 is 0 Å². The number of non-ortho nitro benzene ring substituents is 1. The van der Waals surface area contributed by atoms with Gasteiger partial charge in [0, 0.05) is 44.9 Å². The van der Waals surface area contributed by atoms with Crippen LogP contribution in [0, 0.1) is 10.1 Å². The third-order valence-corrected chi connectivity index (χ3v) is 4.76. The molecule has 3 rings (SSSR count). The molecule has 0 saturated carbocycles. The van der Waals surface area contributed by atoms with E-state index >= 15 is 0 Å². The van der Waals surface area contributed by atoms with E-state index in [9.17, 15) is 15.2 Å². The summed E-state index contributed by atoms with van der Waals surface area (Å²) >= 11 is 0. The number of hydrogen-bond acceptors (Lipinski definition) is 7. The van der Waals surface area contributed by atoms with E-state index in [0.717, 1.165) is 37.6 Å². The molecular weight excluding hydrogens is 362 g/mol. The number of nitro benzene ring substituents is 1. The van der Waals surface area contributed by atoms with Gasteiger partial charge in [-0.25, -0.2) is 0 Å². The Balaban J connectivity index is 1.43. The summed E-state index contributed by atoms with van der Waals surface area (Å²) < 4.78 is 11.0. The second kappa shape index (κ2) is 9.38. The van der Waals surface area contributed by atoms with Crippen LogP contribution in [0.25, 0.3) is 0 Å². The molecule has 1 N–H and O–H groups in total. The van der Waals surface area contributed by atoms with E-state index in [-0.39, 0.29) is 12.3 Å². The lowest BCUT2D eigenvalue weighted by atomic mass is 10.2. The molecule has 0 spiro atoms. The summed E-state index contributed by atoms with van der Waals surface area (Å²) in [7, 11) is 1.68. The van der Waals surface area contributed by atoms with Crippen molar-refractivity contribution < 1.29 is 19.5 Å². The van der Waals surface area contributed by atoms with Gasteiger partial charge in [0.25, 0.3) is 5.69 Å². The highest BCUT2D eigenvalue weighted by Gasteiger charge is 2.21. The summed E-state index contributed by atoms with van der Waals surface area (Å²) in [6.45, 7) is 4.06. The number of hydrogen-bond donors (Lipinski definition) is 1. The van der Waals surface area contributed by atoms with Crippen molar-refractivity contribution in [3.8, 4) is 11.5 Å². The Bertz CT molecular complexity index is 776. The number of anilines is 1. The fourth-order valence-corrected chi connectivity index (χ4v) is 3.27. The fraction of sp³-hybridized carbons (Fsp3) is 0.400. The molecular formula is C20H25N3O5. The molecule has 0 radical (unpaired) electrons. The van der Waals surface area contributed by atoms with Crippen LogP contribution in [0.2, 0.25) is 0 Å². The van der Waals surface area contributed by atoms with Crippen molar-refractivity contribution in [1.29, 1.82) is 0 Å². The van der Waals surface area contributed by atoms with Crippen LogP contribution < -0.4 is 14.4 Å². The molecule has 150 valence electrons. The number of nitrogens with zero attached hydrogens (tertiary/aromatic N) is 3. The molecule has 0 aromatic heterocycles. The molecule has 2 aromatic carbocycles. The number of para-hydroxylation sites is 2. The minimum atomic E-state index is -0.631. The average Bonchev–Trinajstić information content (AvgIpc) is 2.73. The first-order valence-electron chi connectivity index (χ1n) is 9.22. The molecule has 0 bridgehead atoms. The van der Waals surface area contributed by atoms with E-state index in [1.807, 2.05) is 18.2 Å². The Morgan fingerprint density at radius 2 is 1.79 bits per heavy atom. The first-order valence-corrected chi connectivity index (χ1v) is 9.22. The fourth-order valence-electron chi connectivity index (χ4n) is 3.27. The highest BCUT2D eigenvalue weighted by atomic mass is 16.6. The van der Waals surface area contributed by atoms with Crippen LogP contribution >= 0.6 is 0 Å². The molecule has 1 saturated heterocycles. The summed E-state index contributed by atoms with van der Waals surface area (Å²) in [5, 5.41) is 20.9. The smallest absolute Gasteiger partial charge is 0.269 e. The maximum atomic E-state index is 10.7. The molecule has 28 heavy (non-hydrogen) atoms. The molecule has 1 aliphatic heterocycles. The standard InChI is InChI=1S/C20H25N3O5/c1-27-20-5-3-2-4-19(20)22-12-10-21(11-13-22)14-17(24)15-28-18-8-6-16(7-9-18)23(25)26/h2-9,17,24H,10-15H2,1H3/t17-/m1/s1. The van der Waals surface area contributed by atoms with Gasteiger partial charge in [-0.3, -0.25) is 15.0 Å². The maximum Gasteiger partial charge on any atom is 0.269 e. The van der Waals surface area contributed by atoms with Crippen LogP contribution in [0.3, 0.4) is 0 Å². The zero-order chi connectivity index (χ0) is 19.9. The molecule has 1 aliphatic rings. The monoisotopic (exact) mass is 387 g/mol. The lowest BCUT2D eigenvalue weighted by Gasteiger charge is -2.37. The van der Waals surface area contributed by atoms with Crippen LogP contribution in [0.5, 0.6) is 11.5 Å². The SMILES string of the molecule is COc1ccccc1N1CCN(C[C@@H](O)COc2ccc([N+](=O)[O-])cc2)CC1. The van der Waals surface area contributed by atoms with E-state index in [4.69, 9.17) is 9.47 Å². The highest BCUT2D eigenvalue weighted by molar-refractivity contribution is 5.58. The Morgan fingerprint density at radius 1 is 1.11 bits per heavy atom. The van der Waals surface area contributed by atoms with Crippen molar-refractivity contribution >= 4 is 11.4 Å². The molecule has 1 fully saturated rings. The van der Waals surface area contributed by atoms with E-state index in [0.29, 0.717) is 12.3 Å². The number of benzene rings is 2. The molecule has 0 amide bonds. The normalized spacial score (nSPS) is 15.9. The van der Waals surface area contributed by atoms with Gasteiger partial charge in [0.2, 0.25) is 0 Å². The van der Waals surface area contributed by atoms with Crippen LogP contribution in [-0.4, -0.2) is 67.5 Å². The number of ether oxygens (including phenoxy) is 2. The van der Waals surface area contributed by atoms with Gasteiger partial charge in [-0.1, -0.05) is 12.1 Å². The minimum Gasteiger partial charge on any atom is -0.495 e. The third kappa shape index (κ3) is 5.11. The minimum absolute atomic E-state index is 0.0146. The Hall–Kier alpha value is -2.84. The second-order valence-corrected chi connectivity index (χ2v) is 6.68. The first-order chi connectivity index (χ1) is 13.6. The first kappa shape index (κ1) is 19.9. The third-order valence-electron chi connectivity index (χ3n) is 4.76. The summed E-state index contributed by atoms with van der Waals surface area (Å²) in [4.78, 5) is 14.7. The van der Waals surface area contributed by atoms with Crippen molar-refractivity contribution in [2.45, 2.75) is 6.10 Å². The number of β-amino-alcohol motifs (C(OH)–C–C–N with tert-alkyl or cyclic N) is 1. The Labute approximate surface area is 164 Å². The van der Waals surface area contributed by atoms with Crippen LogP contribution in [0.4, 0.5) is 11.4 Å². The second-order valence-electron chi connectivity index (χ2n) is 6.68. The lowest BCUT2D eigenvalue weighted by Crippen LogP contribution is -2.49. The van der Waals surface area contributed by atoms with E-state index in [2.05, 4.69) is 15.9 Å². The van der Waals surface area contributed by atoms with Gasteiger partial charge in [-0.05, 0) is 24.3 Å². The topological polar surface area (TPSA) is 88.3 Å². The van der Waals surface area contributed by atoms with Crippen molar-refractivity contribution in [2.24, 2.45) is 0 Å². The van der Waals surface area contributed by atoms with Crippen molar-refractivity contribution in [3.63, 3.8) is 0 Å². The van der Waals surface area contributed by atoms with E-state index in [1.54, 1.807) is 7.11 Å². The molecule has 1 heterocycles. The summed E-state index contributed by atoms with van der Waals surface area (Å²) in [5.74, 6) is 1.37. The molecule has 0 unspecified atom stereocenters.